The van der Waals surface area contributed by atoms with Crippen LogP contribution in [0.4, 0.5) is 5.13 Å². The molecule has 4 rings (SSSR count). The van der Waals surface area contributed by atoms with Gasteiger partial charge < -0.3 is 5.32 Å². The van der Waals surface area contributed by atoms with Gasteiger partial charge >= 0.3 is 0 Å². The molecule has 152 valence electrons. The number of thioether (sulfide) groups is 1. The fourth-order valence-electron chi connectivity index (χ4n) is 2.97. The molecule has 0 unspecified atom stereocenters. The van der Waals surface area contributed by atoms with E-state index in [-0.39, 0.29) is 11.7 Å². The molecule has 1 aromatic carbocycles. The average molecular weight is 437 g/mol. The van der Waals surface area contributed by atoms with Crippen LogP contribution in [0.2, 0.25) is 0 Å². The van der Waals surface area contributed by atoms with Crippen molar-refractivity contribution >= 4 is 34.1 Å². The van der Waals surface area contributed by atoms with E-state index in [0.29, 0.717) is 16.1 Å². The lowest BCUT2D eigenvalue weighted by molar-refractivity contribution is -0.113. The smallest absolute Gasteiger partial charge is 0.236 e. The van der Waals surface area contributed by atoms with Gasteiger partial charge in [0, 0.05) is 11.6 Å². The van der Waals surface area contributed by atoms with Crippen LogP contribution in [0.3, 0.4) is 0 Å². The molecule has 0 atom stereocenters. The van der Waals surface area contributed by atoms with Gasteiger partial charge in [-0.05, 0) is 37.1 Å². The van der Waals surface area contributed by atoms with E-state index in [2.05, 4.69) is 38.5 Å². The third-order valence-corrected chi connectivity index (χ3v) is 6.14. The van der Waals surface area contributed by atoms with E-state index >= 15 is 0 Å². The highest BCUT2D eigenvalue weighted by Crippen LogP contribution is 2.29. The van der Waals surface area contributed by atoms with E-state index < -0.39 is 0 Å². The second kappa shape index (κ2) is 9.19. The second-order valence-electron chi connectivity index (χ2n) is 6.47. The molecule has 0 aliphatic heterocycles. The van der Waals surface area contributed by atoms with Crippen molar-refractivity contribution in [2.75, 3.05) is 11.1 Å². The van der Waals surface area contributed by atoms with Gasteiger partial charge in [-0.1, -0.05) is 43.0 Å². The maximum Gasteiger partial charge on any atom is 0.236 e. The summed E-state index contributed by atoms with van der Waals surface area (Å²) in [5.41, 5.74) is 3.77. The van der Waals surface area contributed by atoms with Crippen molar-refractivity contribution in [1.82, 2.24) is 24.7 Å². The minimum Gasteiger partial charge on any atom is -0.301 e. The van der Waals surface area contributed by atoms with Gasteiger partial charge in [0.05, 0.1) is 17.1 Å². The minimum atomic E-state index is -0.132. The largest absolute Gasteiger partial charge is 0.301 e. The van der Waals surface area contributed by atoms with Crippen LogP contribution in [0.5, 0.6) is 0 Å². The highest BCUT2D eigenvalue weighted by Gasteiger charge is 2.19. The number of rotatable bonds is 7. The van der Waals surface area contributed by atoms with Gasteiger partial charge in [-0.3, -0.25) is 14.3 Å². The predicted molar refractivity (Wildman–Crippen MR) is 120 cm³/mol. The Balaban J connectivity index is 1.64. The minimum absolute atomic E-state index is 0.132. The molecule has 30 heavy (non-hydrogen) atoms. The molecule has 0 bridgehead atoms. The highest BCUT2D eigenvalue weighted by atomic mass is 32.2. The molecule has 1 amide bonds. The summed E-state index contributed by atoms with van der Waals surface area (Å²) in [7, 11) is 0. The van der Waals surface area contributed by atoms with Crippen LogP contribution in [0, 0.1) is 6.92 Å². The average Bonchev–Trinajstić information content (AvgIpc) is 3.38. The fourth-order valence-corrected chi connectivity index (χ4v) is 4.42. The first-order chi connectivity index (χ1) is 14.7. The standard InChI is InChI=1S/C21H20N6OS2/c1-3-15-8-4-5-10-17(15)27-19(16-9-6-7-11-22-16)25-26-21(27)30-13-18(28)24-20-23-14(2)12-29-20/h4-12H,3,13H2,1-2H3,(H,23,24,28). The summed E-state index contributed by atoms with van der Waals surface area (Å²) < 4.78 is 1.98. The van der Waals surface area contributed by atoms with E-state index in [0.717, 1.165) is 23.5 Å². The molecule has 9 heteroatoms. The summed E-state index contributed by atoms with van der Waals surface area (Å²) in [6, 6.07) is 13.8. The third kappa shape index (κ3) is 4.42. The summed E-state index contributed by atoms with van der Waals surface area (Å²) >= 11 is 2.75. The molecule has 0 spiro atoms. The number of para-hydroxylation sites is 1. The maximum absolute atomic E-state index is 12.4. The molecular formula is C21H20N6OS2. The van der Waals surface area contributed by atoms with Gasteiger partial charge in [-0.15, -0.1) is 21.5 Å². The topological polar surface area (TPSA) is 85.6 Å². The number of carbonyl (C=O) groups excluding carboxylic acids is 1. The Kier molecular flexibility index (Phi) is 6.20. The van der Waals surface area contributed by atoms with Gasteiger partial charge in [0.2, 0.25) is 5.91 Å². The van der Waals surface area contributed by atoms with Crippen molar-refractivity contribution < 1.29 is 4.79 Å². The van der Waals surface area contributed by atoms with Gasteiger partial charge in [0.1, 0.15) is 5.69 Å². The normalized spacial score (nSPS) is 10.9. The number of thiazole rings is 1. The summed E-state index contributed by atoms with van der Waals surface area (Å²) in [6.07, 6.45) is 2.60. The van der Waals surface area contributed by atoms with Gasteiger partial charge in [-0.25, -0.2) is 4.98 Å². The van der Waals surface area contributed by atoms with Crippen LogP contribution in [0.15, 0.2) is 59.2 Å². The Morgan fingerprint density at radius 1 is 1.17 bits per heavy atom. The Morgan fingerprint density at radius 2 is 2.00 bits per heavy atom. The lowest BCUT2D eigenvalue weighted by Gasteiger charge is -2.13. The zero-order valence-electron chi connectivity index (χ0n) is 16.6. The number of aromatic nitrogens is 5. The van der Waals surface area contributed by atoms with E-state index in [1.807, 2.05) is 53.3 Å². The quantitative estimate of drug-likeness (QED) is 0.433. The van der Waals surface area contributed by atoms with Crippen LogP contribution in [-0.4, -0.2) is 36.4 Å². The number of carbonyl (C=O) groups is 1. The predicted octanol–water partition coefficient (Wildman–Crippen LogP) is 4.39. The van der Waals surface area contributed by atoms with Crippen LogP contribution in [0.1, 0.15) is 18.2 Å². The summed E-state index contributed by atoms with van der Waals surface area (Å²) in [5.74, 6) is 0.717. The number of hydrogen-bond donors (Lipinski definition) is 1. The van der Waals surface area contributed by atoms with Crippen LogP contribution < -0.4 is 5.32 Å². The lowest BCUT2D eigenvalue weighted by atomic mass is 10.1. The van der Waals surface area contributed by atoms with Crippen molar-refractivity contribution in [2.24, 2.45) is 0 Å². The Morgan fingerprint density at radius 3 is 2.73 bits per heavy atom. The fraction of sp³-hybridized carbons (Fsp3) is 0.190. The summed E-state index contributed by atoms with van der Waals surface area (Å²) in [4.78, 5) is 21.1. The summed E-state index contributed by atoms with van der Waals surface area (Å²) in [6.45, 7) is 4.01. The Labute approximate surface area is 182 Å². The first-order valence-electron chi connectivity index (χ1n) is 9.45. The zero-order valence-corrected chi connectivity index (χ0v) is 18.2. The maximum atomic E-state index is 12.4. The molecule has 0 saturated carbocycles. The van der Waals surface area contributed by atoms with Crippen molar-refractivity contribution in [3.63, 3.8) is 0 Å². The number of hydrogen-bond acceptors (Lipinski definition) is 7. The second-order valence-corrected chi connectivity index (χ2v) is 8.27. The van der Waals surface area contributed by atoms with Crippen molar-refractivity contribution in [1.29, 1.82) is 0 Å². The monoisotopic (exact) mass is 436 g/mol. The van der Waals surface area contributed by atoms with Crippen molar-refractivity contribution in [3.05, 3.63) is 65.3 Å². The van der Waals surface area contributed by atoms with E-state index in [1.54, 1.807) is 6.20 Å². The van der Waals surface area contributed by atoms with Crippen molar-refractivity contribution in [2.45, 2.75) is 25.4 Å². The van der Waals surface area contributed by atoms with Crippen LogP contribution in [0.25, 0.3) is 17.2 Å². The van der Waals surface area contributed by atoms with Crippen molar-refractivity contribution in [3.8, 4) is 17.2 Å². The molecule has 1 N–H and O–H groups in total. The first kappa shape index (κ1) is 20.2. The molecular weight excluding hydrogens is 416 g/mol. The van der Waals surface area contributed by atoms with E-state index in [4.69, 9.17) is 0 Å². The first-order valence-corrected chi connectivity index (χ1v) is 11.3. The van der Waals surface area contributed by atoms with Crippen LogP contribution in [-0.2, 0) is 11.2 Å². The number of aryl methyl sites for hydroxylation is 2. The molecule has 0 saturated heterocycles. The Hall–Kier alpha value is -3.04. The van der Waals surface area contributed by atoms with Crippen LogP contribution >= 0.6 is 23.1 Å². The summed E-state index contributed by atoms with van der Waals surface area (Å²) in [5, 5.41) is 14.7. The molecule has 3 heterocycles. The number of anilines is 1. The molecule has 0 radical (unpaired) electrons. The van der Waals surface area contributed by atoms with Gasteiger partial charge in [0.15, 0.2) is 16.1 Å². The molecule has 0 aliphatic rings. The number of nitrogens with one attached hydrogen (secondary N) is 1. The molecule has 0 fully saturated rings. The van der Waals surface area contributed by atoms with E-state index in [9.17, 15) is 4.79 Å². The molecule has 4 aromatic rings. The highest BCUT2D eigenvalue weighted by molar-refractivity contribution is 7.99. The molecule has 0 aliphatic carbocycles. The third-order valence-electron chi connectivity index (χ3n) is 4.34. The number of pyridine rings is 1. The lowest BCUT2D eigenvalue weighted by Crippen LogP contribution is -2.14. The SMILES string of the molecule is CCc1ccccc1-n1c(SCC(=O)Nc2nc(C)cs2)nnc1-c1ccccn1. The zero-order chi connectivity index (χ0) is 20.9. The van der Waals surface area contributed by atoms with Gasteiger partial charge in [0.25, 0.3) is 0 Å². The molecule has 3 aromatic heterocycles. The number of benzene rings is 1. The van der Waals surface area contributed by atoms with E-state index in [1.165, 1.54) is 28.7 Å². The van der Waals surface area contributed by atoms with Gasteiger partial charge in [-0.2, -0.15) is 0 Å². The number of amides is 1. The molecule has 7 nitrogen and oxygen atoms in total. The number of nitrogens with zero attached hydrogens (tertiary/aromatic N) is 5. The Bertz CT molecular complexity index is 1160.